The molecule has 1 heterocycles. The Balaban J connectivity index is 0.00000480. The van der Waals surface area contributed by atoms with Crippen LogP contribution in [0.4, 0.5) is 18.9 Å². The van der Waals surface area contributed by atoms with Gasteiger partial charge in [-0.25, -0.2) is 13.4 Å². The number of sulfonamides is 1. The molecule has 2 aromatic rings. The predicted octanol–water partition coefficient (Wildman–Crippen LogP) is 3.93. The molecule has 0 amide bonds. The Morgan fingerprint density at radius 2 is 1.71 bits per heavy atom. The minimum atomic E-state index is -4.47. The number of benzene rings is 1. The second-order valence-corrected chi connectivity index (χ2v) is 8.04. The van der Waals surface area contributed by atoms with Crippen LogP contribution in [-0.2, 0) is 10.0 Å². The molecule has 31 heavy (non-hydrogen) atoms. The molecular weight excluding hydrogens is 459 g/mol. The lowest BCUT2D eigenvalue weighted by Gasteiger charge is -2.13. The molecule has 12 heteroatoms. The lowest BCUT2D eigenvalue weighted by molar-refractivity contribution is -0.153. The second-order valence-electron chi connectivity index (χ2n) is 6.36. The van der Waals surface area contributed by atoms with Crippen molar-refractivity contribution < 1.29 is 31.1 Å². The van der Waals surface area contributed by atoms with Crippen LogP contribution in [0.3, 0.4) is 0 Å². The summed E-state index contributed by atoms with van der Waals surface area (Å²) in [7, 11) is -3.95. The molecule has 2 rings (SSSR count). The lowest BCUT2D eigenvalue weighted by Crippen LogP contribution is -2.22. The van der Waals surface area contributed by atoms with Gasteiger partial charge in [0.15, 0.2) is 6.61 Å². The van der Waals surface area contributed by atoms with Crippen LogP contribution in [0, 0.1) is 6.92 Å². The fourth-order valence-electron chi connectivity index (χ4n) is 2.34. The summed E-state index contributed by atoms with van der Waals surface area (Å²) in [6, 6.07) is 7.74. The number of hydrogen-bond acceptors (Lipinski definition) is 6. The normalized spacial score (nSPS) is 11.5. The summed E-state index contributed by atoms with van der Waals surface area (Å²) < 4.78 is 74.1. The van der Waals surface area contributed by atoms with E-state index in [1.54, 1.807) is 13.0 Å². The summed E-state index contributed by atoms with van der Waals surface area (Å²) in [6.45, 7) is 4.24. The van der Waals surface area contributed by atoms with Gasteiger partial charge < -0.3 is 14.8 Å². The standard InChI is InChI=1S/C19H24F3N3O4S.ClH/c1-3-10-23-11-12-28-18-9-8-17(14(2)24-18)25-30(26,27)16-6-4-15(5-7-16)29-13-19(20,21)22;/h4-9,23,25H,3,10-13H2,1-2H3;1H. The third-order valence-corrected chi connectivity index (χ3v) is 5.18. The minimum absolute atomic E-state index is 0. The molecule has 0 atom stereocenters. The van der Waals surface area contributed by atoms with Gasteiger partial charge in [0.1, 0.15) is 12.4 Å². The molecule has 2 N–H and O–H groups in total. The number of halogens is 4. The number of anilines is 1. The van der Waals surface area contributed by atoms with E-state index >= 15 is 0 Å². The van der Waals surface area contributed by atoms with Crippen LogP contribution in [0.5, 0.6) is 11.6 Å². The summed E-state index contributed by atoms with van der Waals surface area (Å²) in [5.41, 5.74) is 0.687. The summed E-state index contributed by atoms with van der Waals surface area (Å²) in [5, 5.41) is 3.19. The van der Waals surface area contributed by atoms with Gasteiger partial charge in [0, 0.05) is 12.6 Å². The summed E-state index contributed by atoms with van der Waals surface area (Å²) in [5.74, 6) is 0.291. The van der Waals surface area contributed by atoms with Crippen molar-refractivity contribution in [2.24, 2.45) is 0 Å². The fraction of sp³-hybridized carbons (Fsp3) is 0.421. The van der Waals surface area contributed by atoms with Crippen LogP contribution in [0.2, 0.25) is 0 Å². The molecule has 0 fully saturated rings. The van der Waals surface area contributed by atoms with Crippen LogP contribution >= 0.6 is 12.4 Å². The Morgan fingerprint density at radius 1 is 1.03 bits per heavy atom. The number of nitrogens with one attached hydrogen (secondary N) is 2. The minimum Gasteiger partial charge on any atom is -0.484 e. The van der Waals surface area contributed by atoms with E-state index in [1.165, 1.54) is 6.07 Å². The molecule has 0 aliphatic rings. The molecule has 1 aromatic heterocycles. The summed E-state index contributed by atoms with van der Waals surface area (Å²) in [6.07, 6.45) is -3.45. The van der Waals surface area contributed by atoms with Gasteiger partial charge in [-0.3, -0.25) is 4.72 Å². The van der Waals surface area contributed by atoms with E-state index in [2.05, 4.69) is 26.7 Å². The average Bonchev–Trinajstić information content (AvgIpc) is 2.68. The number of hydrogen-bond donors (Lipinski definition) is 2. The summed E-state index contributed by atoms with van der Waals surface area (Å²) in [4.78, 5) is 4.11. The van der Waals surface area contributed by atoms with Crippen molar-refractivity contribution in [1.82, 2.24) is 10.3 Å². The number of alkyl halides is 3. The van der Waals surface area contributed by atoms with Gasteiger partial charge in [-0.05, 0) is 50.2 Å². The van der Waals surface area contributed by atoms with E-state index in [0.29, 0.717) is 24.7 Å². The summed E-state index contributed by atoms with van der Waals surface area (Å²) >= 11 is 0. The van der Waals surface area contributed by atoms with Crippen LogP contribution in [0.1, 0.15) is 19.0 Å². The highest BCUT2D eigenvalue weighted by Crippen LogP contribution is 2.23. The number of rotatable bonds is 11. The first-order valence-corrected chi connectivity index (χ1v) is 10.7. The molecule has 7 nitrogen and oxygen atoms in total. The highest BCUT2D eigenvalue weighted by atomic mass is 35.5. The lowest BCUT2D eigenvalue weighted by atomic mass is 10.3. The van der Waals surface area contributed by atoms with E-state index in [9.17, 15) is 21.6 Å². The zero-order valence-electron chi connectivity index (χ0n) is 17.0. The number of pyridine rings is 1. The van der Waals surface area contributed by atoms with Crippen LogP contribution < -0.4 is 19.5 Å². The third-order valence-electron chi connectivity index (χ3n) is 3.80. The molecule has 0 unspecified atom stereocenters. The molecule has 0 saturated heterocycles. The molecule has 174 valence electrons. The Kier molecular flexibility index (Phi) is 10.3. The Labute approximate surface area is 185 Å². The van der Waals surface area contributed by atoms with Gasteiger partial charge in [-0.2, -0.15) is 13.2 Å². The monoisotopic (exact) mass is 483 g/mol. The van der Waals surface area contributed by atoms with E-state index in [-0.39, 0.29) is 28.7 Å². The number of nitrogens with zero attached hydrogens (tertiary/aromatic N) is 1. The number of aromatic nitrogens is 1. The van der Waals surface area contributed by atoms with Crippen molar-refractivity contribution in [3.05, 3.63) is 42.1 Å². The van der Waals surface area contributed by atoms with Crippen LogP contribution in [0.25, 0.3) is 0 Å². The average molecular weight is 484 g/mol. The van der Waals surface area contributed by atoms with Crippen molar-refractivity contribution in [1.29, 1.82) is 0 Å². The fourth-order valence-corrected chi connectivity index (χ4v) is 3.46. The number of ether oxygens (including phenoxy) is 2. The maximum atomic E-state index is 12.5. The molecule has 0 spiro atoms. The first kappa shape index (κ1) is 26.8. The first-order valence-electron chi connectivity index (χ1n) is 9.24. The zero-order chi connectivity index (χ0) is 22.2. The van der Waals surface area contributed by atoms with Crippen molar-refractivity contribution in [2.45, 2.75) is 31.3 Å². The van der Waals surface area contributed by atoms with Gasteiger partial charge >= 0.3 is 6.18 Å². The van der Waals surface area contributed by atoms with E-state index in [4.69, 9.17) is 4.74 Å². The third kappa shape index (κ3) is 9.19. The Hall–Kier alpha value is -2.24. The Bertz CT molecular complexity index is 926. The van der Waals surface area contributed by atoms with Gasteiger partial charge in [0.2, 0.25) is 5.88 Å². The predicted molar refractivity (Wildman–Crippen MR) is 114 cm³/mol. The van der Waals surface area contributed by atoms with Crippen LogP contribution in [0.15, 0.2) is 41.3 Å². The smallest absolute Gasteiger partial charge is 0.422 e. The van der Waals surface area contributed by atoms with E-state index in [0.717, 1.165) is 37.2 Å². The molecule has 0 bridgehead atoms. The first-order chi connectivity index (χ1) is 14.1. The van der Waals surface area contributed by atoms with Crippen molar-refractivity contribution in [3.63, 3.8) is 0 Å². The zero-order valence-corrected chi connectivity index (χ0v) is 18.7. The quantitative estimate of drug-likeness (QED) is 0.471. The molecule has 0 aliphatic carbocycles. The largest absolute Gasteiger partial charge is 0.484 e. The van der Waals surface area contributed by atoms with E-state index in [1.807, 2.05) is 0 Å². The van der Waals surface area contributed by atoms with Gasteiger partial charge in [0.05, 0.1) is 16.3 Å². The number of aryl methyl sites for hydroxylation is 1. The molecule has 0 radical (unpaired) electrons. The molecular formula is C19H25ClF3N3O4S. The van der Waals surface area contributed by atoms with Crippen molar-refractivity contribution >= 4 is 28.1 Å². The Morgan fingerprint density at radius 3 is 2.29 bits per heavy atom. The highest BCUT2D eigenvalue weighted by molar-refractivity contribution is 7.92. The van der Waals surface area contributed by atoms with Crippen LogP contribution in [-0.4, -0.2) is 45.9 Å². The maximum Gasteiger partial charge on any atom is 0.422 e. The highest BCUT2D eigenvalue weighted by Gasteiger charge is 2.28. The molecule has 1 aromatic carbocycles. The second kappa shape index (κ2) is 12.0. The maximum absolute atomic E-state index is 12.5. The topological polar surface area (TPSA) is 89.6 Å². The molecule has 0 saturated carbocycles. The SMILES string of the molecule is CCCNCCOc1ccc(NS(=O)(=O)c2ccc(OCC(F)(F)F)cc2)c(C)n1.Cl. The van der Waals surface area contributed by atoms with Gasteiger partial charge in [-0.15, -0.1) is 12.4 Å². The van der Waals surface area contributed by atoms with Gasteiger partial charge in [0.25, 0.3) is 10.0 Å². The van der Waals surface area contributed by atoms with Crippen molar-refractivity contribution in [2.75, 3.05) is 31.0 Å². The van der Waals surface area contributed by atoms with Crippen molar-refractivity contribution in [3.8, 4) is 11.6 Å². The van der Waals surface area contributed by atoms with E-state index < -0.39 is 22.8 Å². The molecule has 0 aliphatic heterocycles. The van der Waals surface area contributed by atoms with Gasteiger partial charge in [-0.1, -0.05) is 6.92 Å².